The van der Waals surface area contributed by atoms with E-state index in [0.717, 1.165) is 0 Å². The number of cyclic esters (lactones) is 1. The van der Waals surface area contributed by atoms with Crippen molar-refractivity contribution in [1.29, 1.82) is 5.41 Å². The van der Waals surface area contributed by atoms with Crippen LogP contribution in [0.15, 0.2) is 0 Å². The average molecular weight is 142 g/mol. The molecule has 1 heterocycles. The highest BCUT2D eigenvalue weighted by atomic mass is 16.5. The standard InChI is InChI=1S/C6H10N2O2/c1-6(4(7)8)2-3-10-5(6)9/h2-3H2,1H3,(H3,7,8)/t6-/m0/s1. The molecule has 0 unspecified atom stereocenters. The van der Waals surface area contributed by atoms with Gasteiger partial charge >= 0.3 is 5.97 Å². The van der Waals surface area contributed by atoms with E-state index in [0.29, 0.717) is 13.0 Å². The van der Waals surface area contributed by atoms with Crippen molar-refractivity contribution in [3.63, 3.8) is 0 Å². The van der Waals surface area contributed by atoms with Gasteiger partial charge in [-0.25, -0.2) is 0 Å². The first-order chi connectivity index (χ1) is 4.57. The molecule has 1 rings (SSSR count). The lowest BCUT2D eigenvalue weighted by atomic mass is 9.88. The lowest BCUT2D eigenvalue weighted by molar-refractivity contribution is -0.142. The number of nitrogens with two attached hydrogens (primary N) is 1. The van der Waals surface area contributed by atoms with Crippen molar-refractivity contribution in [1.82, 2.24) is 0 Å². The van der Waals surface area contributed by atoms with Crippen LogP contribution < -0.4 is 5.73 Å². The van der Waals surface area contributed by atoms with Gasteiger partial charge in [0.2, 0.25) is 0 Å². The largest absolute Gasteiger partial charge is 0.465 e. The Bertz CT molecular complexity index is 190. The highest BCUT2D eigenvalue weighted by molar-refractivity contribution is 6.03. The second kappa shape index (κ2) is 1.97. The van der Waals surface area contributed by atoms with Gasteiger partial charge in [-0.1, -0.05) is 0 Å². The predicted molar refractivity (Wildman–Crippen MR) is 35.6 cm³/mol. The zero-order valence-electron chi connectivity index (χ0n) is 5.81. The molecule has 1 atom stereocenters. The number of esters is 1. The Morgan fingerprint density at radius 3 is 2.70 bits per heavy atom. The minimum Gasteiger partial charge on any atom is -0.465 e. The van der Waals surface area contributed by atoms with E-state index in [2.05, 4.69) is 4.74 Å². The van der Waals surface area contributed by atoms with Gasteiger partial charge < -0.3 is 10.5 Å². The molecule has 0 saturated carbocycles. The molecule has 0 aromatic heterocycles. The molecule has 0 aromatic rings. The van der Waals surface area contributed by atoms with E-state index in [1.807, 2.05) is 0 Å². The van der Waals surface area contributed by atoms with Crippen molar-refractivity contribution in [3.05, 3.63) is 0 Å². The maximum atomic E-state index is 10.9. The Labute approximate surface area is 58.9 Å². The van der Waals surface area contributed by atoms with E-state index in [1.54, 1.807) is 6.92 Å². The first-order valence-electron chi connectivity index (χ1n) is 3.09. The number of hydrogen-bond donors (Lipinski definition) is 2. The summed E-state index contributed by atoms with van der Waals surface area (Å²) < 4.78 is 4.67. The summed E-state index contributed by atoms with van der Waals surface area (Å²) in [4.78, 5) is 10.9. The number of rotatable bonds is 1. The van der Waals surface area contributed by atoms with Crippen LogP contribution in [0.4, 0.5) is 0 Å². The molecular formula is C6H10N2O2. The zero-order chi connectivity index (χ0) is 7.78. The molecule has 0 aromatic carbocycles. The van der Waals surface area contributed by atoms with E-state index >= 15 is 0 Å². The zero-order valence-corrected chi connectivity index (χ0v) is 5.81. The highest BCUT2D eigenvalue weighted by Gasteiger charge is 2.42. The van der Waals surface area contributed by atoms with Gasteiger partial charge in [0.25, 0.3) is 0 Å². The molecule has 0 aliphatic carbocycles. The van der Waals surface area contributed by atoms with Gasteiger partial charge in [0.05, 0.1) is 6.61 Å². The van der Waals surface area contributed by atoms with E-state index in [4.69, 9.17) is 11.1 Å². The minimum atomic E-state index is -0.847. The SMILES string of the molecule is C[C@@]1(C(=N)N)CCOC1=O. The van der Waals surface area contributed by atoms with Gasteiger partial charge in [-0.3, -0.25) is 10.2 Å². The van der Waals surface area contributed by atoms with Crippen molar-refractivity contribution in [2.45, 2.75) is 13.3 Å². The molecule has 4 heteroatoms. The summed E-state index contributed by atoms with van der Waals surface area (Å²) in [5.74, 6) is -0.477. The molecular weight excluding hydrogens is 132 g/mol. The molecule has 1 saturated heterocycles. The highest BCUT2D eigenvalue weighted by Crippen LogP contribution is 2.28. The first kappa shape index (κ1) is 7.05. The molecule has 1 aliphatic heterocycles. The van der Waals surface area contributed by atoms with E-state index in [1.165, 1.54) is 0 Å². The fourth-order valence-electron chi connectivity index (χ4n) is 0.854. The fourth-order valence-corrected chi connectivity index (χ4v) is 0.854. The van der Waals surface area contributed by atoms with E-state index in [-0.39, 0.29) is 11.8 Å². The summed E-state index contributed by atoms with van der Waals surface area (Å²) in [6.45, 7) is 2.01. The molecule has 3 N–H and O–H groups in total. The van der Waals surface area contributed by atoms with Gasteiger partial charge in [0, 0.05) is 6.42 Å². The number of amidine groups is 1. The van der Waals surface area contributed by atoms with Crippen LogP contribution in [-0.4, -0.2) is 18.4 Å². The third-order valence-corrected chi connectivity index (χ3v) is 1.88. The van der Waals surface area contributed by atoms with Gasteiger partial charge in [-0.05, 0) is 6.92 Å². The predicted octanol–water partition coefficient (Wildman–Crippen LogP) is -0.124. The smallest absolute Gasteiger partial charge is 0.319 e. The molecule has 0 bridgehead atoms. The maximum Gasteiger partial charge on any atom is 0.319 e. The number of carbonyl (C=O) groups excluding carboxylic acids is 1. The maximum absolute atomic E-state index is 10.9. The Hall–Kier alpha value is -1.06. The van der Waals surface area contributed by atoms with Gasteiger partial charge in [-0.15, -0.1) is 0 Å². The Kier molecular flexibility index (Phi) is 1.39. The summed E-state index contributed by atoms with van der Waals surface area (Å²) in [6.07, 6.45) is 0.529. The van der Waals surface area contributed by atoms with Crippen LogP contribution in [0.1, 0.15) is 13.3 Å². The molecule has 4 nitrogen and oxygen atoms in total. The second-order valence-electron chi connectivity index (χ2n) is 2.63. The van der Waals surface area contributed by atoms with Gasteiger partial charge in [-0.2, -0.15) is 0 Å². The molecule has 56 valence electrons. The Morgan fingerprint density at radius 1 is 1.90 bits per heavy atom. The molecule has 1 aliphatic rings. The van der Waals surface area contributed by atoms with Crippen molar-refractivity contribution < 1.29 is 9.53 Å². The van der Waals surface area contributed by atoms with Gasteiger partial charge in [0.1, 0.15) is 11.3 Å². The summed E-state index contributed by atoms with van der Waals surface area (Å²) in [5, 5.41) is 7.10. The third kappa shape index (κ3) is 0.761. The van der Waals surface area contributed by atoms with Crippen molar-refractivity contribution >= 4 is 11.8 Å². The van der Waals surface area contributed by atoms with Crippen LogP contribution in [0.3, 0.4) is 0 Å². The molecule has 1 fully saturated rings. The Balaban J connectivity index is 2.86. The topological polar surface area (TPSA) is 76.2 Å². The lowest BCUT2D eigenvalue weighted by Gasteiger charge is -2.15. The van der Waals surface area contributed by atoms with Gasteiger partial charge in [0.15, 0.2) is 0 Å². The molecule has 10 heavy (non-hydrogen) atoms. The lowest BCUT2D eigenvalue weighted by Crippen LogP contribution is -2.37. The number of nitrogens with one attached hydrogen (secondary N) is 1. The minimum absolute atomic E-state index is 0.102. The van der Waals surface area contributed by atoms with Crippen LogP contribution in [0.5, 0.6) is 0 Å². The number of hydrogen-bond acceptors (Lipinski definition) is 3. The molecule has 0 amide bonds. The first-order valence-corrected chi connectivity index (χ1v) is 3.09. The molecule has 0 spiro atoms. The third-order valence-electron chi connectivity index (χ3n) is 1.88. The normalized spacial score (nSPS) is 31.9. The number of carbonyl (C=O) groups is 1. The van der Waals surface area contributed by atoms with E-state index < -0.39 is 5.41 Å². The van der Waals surface area contributed by atoms with E-state index in [9.17, 15) is 4.79 Å². The van der Waals surface area contributed by atoms with Crippen LogP contribution in [0.25, 0.3) is 0 Å². The summed E-state index contributed by atoms with van der Waals surface area (Å²) in [5.41, 5.74) is 4.36. The summed E-state index contributed by atoms with van der Waals surface area (Å²) in [7, 11) is 0. The fraction of sp³-hybridized carbons (Fsp3) is 0.667. The van der Waals surface area contributed by atoms with Crippen molar-refractivity contribution in [2.24, 2.45) is 11.1 Å². The summed E-state index contributed by atoms with van der Waals surface area (Å²) in [6, 6.07) is 0. The average Bonchev–Trinajstić information content (AvgIpc) is 2.15. The quantitative estimate of drug-likeness (QED) is 0.304. The van der Waals surface area contributed by atoms with Crippen molar-refractivity contribution in [3.8, 4) is 0 Å². The van der Waals surface area contributed by atoms with Crippen LogP contribution in [0.2, 0.25) is 0 Å². The van der Waals surface area contributed by atoms with Crippen LogP contribution in [-0.2, 0) is 9.53 Å². The summed E-state index contributed by atoms with van der Waals surface area (Å²) >= 11 is 0. The monoisotopic (exact) mass is 142 g/mol. The van der Waals surface area contributed by atoms with Crippen molar-refractivity contribution in [2.75, 3.05) is 6.61 Å². The molecule has 0 radical (unpaired) electrons. The van der Waals surface area contributed by atoms with Crippen LogP contribution >= 0.6 is 0 Å². The Morgan fingerprint density at radius 2 is 2.50 bits per heavy atom. The second-order valence-corrected chi connectivity index (χ2v) is 2.63. The van der Waals surface area contributed by atoms with Crippen LogP contribution in [0, 0.1) is 10.8 Å². The number of ether oxygens (including phenoxy) is 1.